The summed E-state index contributed by atoms with van der Waals surface area (Å²) in [6.07, 6.45) is 1.38. The van der Waals surface area contributed by atoms with E-state index in [1.54, 1.807) is 12.1 Å². The number of likely N-dealkylation sites (N-methyl/N-ethyl adjacent to an activating group) is 1. The zero-order chi connectivity index (χ0) is 14.4. The summed E-state index contributed by atoms with van der Waals surface area (Å²) in [5, 5.41) is 7.06. The summed E-state index contributed by atoms with van der Waals surface area (Å²) in [5.41, 5.74) is 0. The van der Waals surface area contributed by atoms with Crippen LogP contribution in [0.25, 0.3) is 0 Å². The van der Waals surface area contributed by atoms with Crippen LogP contribution in [-0.4, -0.2) is 29.0 Å². The fraction of sp³-hybridized carbons (Fsp3) is 0.429. The number of nitrogens with zero attached hydrogens (tertiary/aromatic N) is 2. The third-order valence-electron chi connectivity index (χ3n) is 2.90. The van der Waals surface area contributed by atoms with Crippen LogP contribution in [-0.2, 0) is 12.8 Å². The lowest BCUT2D eigenvalue weighted by Gasteiger charge is -2.04. The minimum atomic E-state index is -0.188. The molecule has 4 nitrogen and oxygen atoms in total. The first kappa shape index (κ1) is 17.9. The van der Waals surface area contributed by atoms with E-state index in [9.17, 15) is 4.39 Å². The highest BCUT2D eigenvalue weighted by Gasteiger charge is 2.10. The number of aryl methyl sites for hydroxylation is 1. The van der Waals surface area contributed by atoms with Crippen LogP contribution in [0, 0.1) is 5.82 Å². The molecule has 1 N–H and O–H groups in total. The van der Waals surface area contributed by atoms with Crippen molar-refractivity contribution in [3.8, 4) is 0 Å². The van der Waals surface area contributed by atoms with E-state index in [1.165, 1.54) is 17.8 Å². The molecular weight excluding hydrogens is 313 g/mol. The summed E-state index contributed by atoms with van der Waals surface area (Å²) in [5.74, 6) is 1.83. The molecule has 0 radical (unpaired) electrons. The maximum absolute atomic E-state index is 13.4. The second-order valence-corrected chi connectivity index (χ2v) is 5.66. The minimum Gasteiger partial charge on any atom is -0.339 e. The fourth-order valence-corrected chi connectivity index (χ4v) is 2.54. The average Bonchev–Trinajstić information content (AvgIpc) is 2.88. The molecule has 0 spiro atoms. The van der Waals surface area contributed by atoms with Crippen LogP contribution in [0.4, 0.5) is 4.39 Å². The van der Waals surface area contributed by atoms with E-state index in [2.05, 4.69) is 22.4 Å². The van der Waals surface area contributed by atoms with Crippen molar-refractivity contribution in [2.45, 2.75) is 30.7 Å². The fourth-order valence-electron chi connectivity index (χ4n) is 1.66. The molecule has 0 aliphatic heterocycles. The predicted octanol–water partition coefficient (Wildman–Crippen LogP) is 3.12. The second kappa shape index (κ2) is 9.02. The molecule has 1 unspecified atom stereocenters. The summed E-state index contributed by atoms with van der Waals surface area (Å²) >= 11 is 1.45. The molecule has 0 aliphatic rings. The van der Waals surface area contributed by atoms with Gasteiger partial charge in [0.05, 0.1) is 0 Å². The van der Waals surface area contributed by atoms with Crippen LogP contribution in [0.1, 0.15) is 18.6 Å². The van der Waals surface area contributed by atoms with E-state index in [1.807, 2.05) is 13.1 Å². The molecule has 0 aliphatic carbocycles. The van der Waals surface area contributed by atoms with Crippen LogP contribution in [0.3, 0.4) is 0 Å². The molecule has 21 heavy (non-hydrogen) atoms. The Morgan fingerprint density at radius 2 is 2.14 bits per heavy atom. The van der Waals surface area contributed by atoms with Crippen LogP contribution < -0.4 is 5.32 Å². The van der Waals surface area contributed by atoms with Gasteiger partial charge in [0.2, 0.25) is 5.89 Å². The number of thioether (sulfide) groups is 1. The third-order valence-corrected chi connectivity index (χ3v) is 3.95. The first-order valence-corrected chi connectivity index (χ1v) is 7.53. The minimum absolute atomic E-state index is 0. The zero-order valence-electron chi connectivity index (χ0n) is 12.0. The highest BCUT2D eigenvalue weighted by atomic mass is 35.5. The number of rotatable bonds is 7. The molecule has 0 amide bonds. The molecule has 0 saturated heterocycles. The van der Waals surface area contributed by atoms with Crippen molar-refractivity contribution in [2.75, 3.05) is 12.8 Å². The molecule has 1 aromatic heterocycles. The summed E-state index contributed by atoms with van der Waals surface area (Å²) in [4.78, 5) is 4.98. The van der Waals surface area contributed by atoms with Gasteiger partial charge in [0.1, 0.15) is 5.82 Å². The van der Waals surface area contributed by atoms with Crippen molar-refractivity contribution in [1.82, 2.24) is 15.5 Å². The van der Waals surface area contributed by atoms with E-state index < -0.39 is 0 Å². The average molecular weight is 332 g/mol. The van der Waals surface area contributed by atoms with E-state index in [-0.39, 0.29) is 18.2 Å². The third kappa shape index (κ3) is 5.65. The molecule has 0 bridgehead atoms. The Balaban J connectivity index is 0.00000220. The molecule has 2 aromatic rings. The van der Waals surface area contributed by atoms with E-state index in [0.29, 0.717) is 34.8 Å². The molecule has 7 heteroatoms. The summed E-state index contributed by atoms with van der Waals surface area (Å²) in [6, 6.07) is 7.07. The maximum atomic E-state index is 13.4. The SMILES string of the molecule is CNC(C)Cc1noc(CCSc2ccccc2F)n1.Cl. The predicted molar refractivity (Wildman–Crippen MR) is 84.6 cm³/mol. The summed E-state index contributed by atoms with van der Waals surface area (Å²) in [6.45, 7) is 2.06. The molecule has 0 saturated carbocycles. The summed E-state index contributed by atoms with van der Waals surface area (Å²) in [7, 11) is 1.90. The topological polar surface area (TPSA) is 51.0 Å². The maximum Gasteiger partial charge on any atom is 0.227 e. The van der Waals surface area contributed by atoms with Gasteiger partial charge in [0, 0.05) is 29.5 Å². The lowest BCUT2D eigenvalue weighted by atomic mass is 10.2. The Morgan fingerprint density at radius 1 is 1.38 bits per heavy atom. The van der Waals surface area contributed by atoms with Gasteiger partial charge in [-0.3, -0.25) is 0 Å². The Kier molecular flexibility index (Phi) is 7.71. The number of aromatic nitrogens is 2. The first-order valence-electron chi connectivity index (χ1n) is 6.55. The monoisotopic (exact) mass is 331 g/mol. The highest BCUT2D eigenvalue weighted by molar-refractivity contribution is 7.99. The van der Waals surface area contributed by atoms with E-state index in [0.717, 1.165) is 6.42 Å². The smallest absolute Gasteiger partial charge is 0.227 e. The number of hydrogen-bond donors (Lipinski definition) is 1. The van der Waals surface area contributed by atoms with Gasteiger partial charge in [-0.15, -0.1) is 24.2 Å². The first-order chi connectivity index (χ1) is 9.69. The number of halogens is 2. The second-order valence-electron chi connectivity index (χ2n) is 4.53. The molecule has 1 aromatic carbocycles. The van der Waals surface area contributed by atoms with Crippen LogP contribution >= 0.6 is 24.2 Å². The van der Waals surface area contributed by atoms with Crippen LogP contribution in [0.5, 0.6) is 0 Å². The van der Waals surface area contributed by atoms with Crippen LogP contribution in [0.2, 0.25) is 0 Å². The lowest BCUT2D eigenvalue weighted by molar-refractivity contribution is 0.375. The van der Waals surface area contributed by atoms with Crippen molar-refractivity contribution >= 4 is 24.2 Å². The van der Waals surface area contributed by atoms with Crippen molar-refractivity contribution in [3.63, 3.8) is 0 Å². The standard InChI is InChI=1S/C14H18FN3OS.ClH/c1-10(16-2)9-13-17-14(19-18-13)7-8-20-12-6-4-3-5-11(12)15;/h3-6,10,16H,7-9H2,1-2H3;1H. The number of hydrogen-bond acceptors (Lipinski definition) is 5. The van der Waals surface area contributed by atoms with E-state index in [4.69, 9.17) is 4.52 Å². The van der Waals surface area contributed by atoms with Crippen molar-refractivity contribution in [3.05, 3.63) is 41.8 Å². The molecule has 116 valence electrons. The number of benzene rings is 1. The molecule has 0 fully saturated rings. The van der Waals surface area contributed by atoms with E-state index >= 15 is 0 Å². The molecule has 2 rings (SSSR count). The normalized spacial score (nSPS) is 12.0. The van der Waals surface area contributed by atoms with Crippen molar-refractivity contribution in [1.29, 1.82) is 0 Å². The highest BCUT2D eigenvalue weighted by Crippen LogP contribution is 2.21. The van der Waals surface area contributed by atoms with Gasteiger partial charge < -0.3 is 9.84 Å². The zero-order valence-corrected chi connectivity index (χ0v) is 13.6. The Bertz CT molecular complexity index is 553. The summed E-state index contributed by atoms with van der Waals surface area (Å²) < 4.78 is 18.6. The van der Waals surface area contributed by atoms with Crippen molar-refractivity contribution in [2.24, 2.45) is 0 Å². The molecule has 1 heterocycles. The van der Waals surface area contributed by atoms with Gasteiger partial charge in [0.25, 0.3) is 0 Å². The molecule has 1 atom stereocenters. The Hall–Kier alpha value is -1.11. The van der Waals surface area contributed by atoms with Gasteiger partial charge >= 0.3 is 0 Å². The van der Waals surface area contributed by atoms with Crippen molar-refractivity contribution < 1.29 is 8.91 Å². The van der Waals surface area contributed by atoms with Gasteiger partial charge in [-0.1, -0.05) is 17.3 Å². The van der Waals surface area contributed by atoms with Crippen LogP contribution in [0.15, 0.2) is 33.7 Å². The van der Waals surface area contributed by atoms with Gasteiger partial charge in [0.15, 0.2) is 5.82 Å². The van der Waals surface area contributed by atoms with Gasteiger partial charge in [-0.25, -0.2) is 4.39 Å². The number of nitrogens with one attached hydrogen (secondary N) is 1. The Morgan fingerprint density at radius 3 is 2.86 bits per heavy atom. The largest absolute Gasteiger partial charge is 0.339 e. The molecular formula is C14H19ClFN3OS. The van der Waals surface area contributed by atoms with Gasteiger partial charge in [-0.05, 0) is 26.1 Å². The quantitative estimate of drug-likeness (QED) is 0.790. The Labute approximate surface area is 134 Å². The van der Waals surface area contributed by atoms with Gasteiger partial charge in [-0.2, -0.15) is 4.98 Å². The lowest BCUT2D eigenvalue weighted by Crippen LogP contribution is -2.24.